The van der Waals surface area contributed by atoms with Crippen LogP contribution in [-0.2, 0) is 0 Å². The second-order valence-electron chi connectivity index (χ2n) is 16.1. The van der Waals surface area contributed by atoms with Crippen LogP contribution in [-0.4, -0.2) is 4.57 Å². The number of anilines is 3. The Morgan fingerprint density at radius 2 is 0.806 bits per heavy atom. The minimum absolute atomic E-state index is 1.09. The van der Waals surface area contributed by atoms with Crippen LogP contribution < -0.4 is 4.90 Å². The monoisotopic (exact) mass is 788 g/mol. The molecule has 0 amide bonds. The molecule has 0 saturated heterocycles. The third-order valence-corrected chi connectivity index (χ3v) is 12.6. The van der Waals surface area contributed by atoms with Gasteiger partial charge in [-0.05, 0) is 121 Å². The standard InChI is InChI=1S/C60H40N2/c1-2-15-45-39-47(28-27-41(45)13-1)53-37-38-60(55-21-6-5-20-54(53)55)61(50-18-11-17-46(40-50)52-24-12-16-44-14-3-4-19-51(44)52)48-33-29-42(30-34-48)43-31-35-49(36-32-43)62-58-25-9-7-22-56(58)57-23-8-10-26-59(57)62/h1-40H. The summed E-state index contributed by atoms with van der Waals surface area (Å²) in [6.07, 6.45) is 0. The predicted molar refractivity (Wildman–Crippen MR) is 264 cm³/mol. The van der Waals surface area contributed by atoms with Gasteiger partial charge in [0, 0.05) is 33.2 Å². The Balaban J connectivity index is 0.975. The summed E-state index contributed by atoms with van der Waals surface area (Å²) in [5.41, 5.74) is 14.1. The molecule has 0 unspecified atom stereocenters. The van der Waals surface area contributed by atoms with Gasteiger partial charge in [0.15, 0.2) is 0 Å². The van der Waals surface area contributed by atoms with Crippen LogP contribution in [0.3, 0.4) is 0 Å². The molecule has 1 heterocycles. The zero-order valence-electron chi connectivity index (χ0n) is 34.0. The molecule has 290 valence electrons. The van der Waals surface area contributed by atoms with E-state index >= 15 is 0 Å². The van der Waals surface area contributed by atoms with E-state index in [1.807, 2.05) is 0 Å². The number of aromatic nitrogens is 1. The van der Waals surface area contributed by atoms with Crippen LogP contribution >= 0.6 is 0 Å². The molecule has 0 aliphatic carbocycles. The van der Waals surface area contributed by atoms with E-state index in [9.17, 15) is 0 Å². The fourth-order valence-electron chi connectivity index (χ4n) is 9.61. The van der Waals surface area contributed by atoms with Crippen LogP contribution in [0.5, 0.6) is 0 Å². The predicted octanol–water partition coefficient (Wildman–Crippen LogP) is 16.7. The Hall–Kier alpha value is -8.20. The van der Waals surface area contributed by atoms with Gasteiger partial charge in [-0.3, -0.25) is 0 Å². The van der Waals surface area contributed by atoms with Gasteiger partial charge < -0.3 is 9.47 Å². The van der Waals surface area contributed by atoms with E-state index < -0.39 is 0 Å². The first-order valence-corrected chi connectivity index (χ1v) is 21.3. The maximum Gasteiger partial charge on any atom is 0.0541 e. The zero-order chi connectivity index (χ0) is 41.0. The van der Waals surface area contributed by atoms with Gasteiger partial charge in [-0.2, -0.15) is 0 Å². The highest BCUT2D eigenvalue weighted by atomic mass is 15.1. The summed E-state index contributed by atoms with van der Waals surface area (Å²) in [5, 5.41) is 9.92. The molecule has 2 nitrogen and oxygen atoms in total. The summed E-state index contributed by atoms with van der Waals surface area (Å²) >= 11 is 0. The van der Waals surface area contributed by atoms with E-state index in [0.29, 0.717) is 0 Å². The number of rotatable bonds is 7. The lowest BCUT2D eigenvalue weighted by Gasteiger charge is -2.28. The summed E-state index contributed by atoms with van der Waals surface area (Å²) in [5.74, 6) is 0. The molecule has 62 heavy (non-hydrogen) atoms. The molecule has 0 atom stereocenters. The van der Waals surface area contributed by atoms with Crippen molar-refractivity contribution in [3.63, 3.8) is 0 Å². The van der Waals surface area contributed by atoms with E-state index in [2.05, 4.69) is 252 Å². The number of hydrogen-bond acceptors (Lipinski definition) is 1. The van der Waals surface area contributed by atoms with Gasteiger partial charge in [-0.1, -0.05) is 182 Å². The molecule has 2 heteroatoms. The highest BCUT2D eigenvalue weighted by molar-refractivity contribution is 6.10. The van der Waals surface area contributed by atoms with Crippen molar-refractivity contribution in [1.82, 2.24) is 4.57 Å². The first kappa shape index (κ1) is 35.7. The van der Waals surface area contributed by atoms with Gasteiger partial charge in [0.05, 0.1) is 16.7 Å². The lowest BCUT2D eigenvalue weighted by atomic mass is 9.94. The SMILES string of the molecule is c1cc(-c2cccc3ccccc23)cc(N(c2ccc(-c3ccc(-n4c5ccccc5c5ccccc54)cc3)cc2)c2ccc(-c3ccc4ccccc4c3)c3ccccc23)c1. The second-order valence-corrected chi connectivity index (χ2v) is 16.1. The molecule has 12 aromatic rings. The molecule has 12 rings (SSSR count). The van der Waals surface area contributed by atoms with Gasteiger partial charge in [-0.25, -0.2) is 0 Å². The number of para-hydroxylation sites is 2. The lowest BCUT2D eigenvalue weighted by molar-refractivity contribution is 1.18. The second kappa shape index (κ2) is 14.8. The number of benzene rings is 11. The van der Waals surface area contributed by atoms with Crippen molar-refractivity contribution >= 4 is 71.2 Å². The molecule has 0 spiro atoms. The highest BCUT2D eigenvalue weighted by Crippen LogP contribution is 2.44. The molecule has 1 aromatic heterocycles. The quantitative estimate of drug-likeness (QED) is 0.156. The Kier molecular flexibility index (Phi) is 8.53. The third kappa shape index (κ3) is 6.04. The summed E-state index contributed by atoms with van der Waals surface area (Å²) in [4.78, 5) is 2.43. The van der Waals surface area contributed by atoms with E-state index in [1.165, 1.54) is 87.5 Å². The van der Waals surface area contributed by atoms with Crippen molar-refractivity contribution in [2.75, 3.05) is 4.90 Å². The normalized spacial score (nSPS) is 11.5. The van der Waals surface area contributed by atoms with Gasteiger partial charge >= 0.3 is 0 Å². The number of fused-ring (bicyclic) bond motifs is 6. The van der Waals surface area contributed by atoms with Gasteiger partial charge in [-0.15, -0.1) is 0 Å². The largest absolute Gasteiger partial charge is 0.310 e. The van der Waals surface area contributed by atoms with E-state index in [0.717, 1.165) is 22.7 Å². The summed E-state index contributed by atoms with van der Waals surface area (Å²) in [6.45, 7) is 0. The molecular weight excluding hydrogens is 749 g/mol. The zero-order valence-corrected chi connectivity index (χ0v) is 34.0. The maximum absolute atomic E-state index is 2.43. The molecule has 11 aromatic carbocycles. The average molecular weight is 789 g/mol. The van der Waals surface area contributed by atoms with Crippen molar-refractivity contribution in [2.24, 2.45) is 0 Å². The molecule has 0 aliphatic rings. The van der Waals surface area contributed by atoms with Gasteiger partial charge in [0.25, 0.3) is 0 Å². The molecule has 0 aliphatic heterocycles. The van der Waals surface area contributed by atoms with Gasteiger partial charge in [0.1, 0.15) is 0 Å². The summed E-state index contributed by atoms with van der Waals surface area (Å²) in [7, 11) is 0. The summed E-state index contributed by atoms with van der Waals surface area (Å²) in [6, 6.07) is 88.5. The Morgan fingerprint density at radius 1 is 0.274 bits per heavy atom. The van der Waals surface area contributed by atoms with Crippen LogP contribution in [0.4, 0.5) is 17.1 Å². The van der Waals surface area contributed by atoms with E-state index in [4.69, 9.17) is 0 Å². The molecule has 0 fully saturated rings. The smallest absolute Gasteiger partial charge is 0.0541 e. The van der Waals surface area contributed by atoms with Crippen LogP contribution in [0.2, 0.25) is 0 Å². The van der Waals surface area contributed by atoms with Crippen molar-refractivity contribution < 1.29 is 0 Å². The third-order valence-electron chi connectivity index (χ3n) is 12.6. The minimum atomic E-state index is 1.09. The Bertz CT molecular complexity index is 3570. The van der Waals surface area contributed by atoms with E-state index in [1.54, 1.807) is 0 Å². The number of nitrogens with zero attached hydrogens (tertiary/aromatic N) is 2. The Labute approximate surface area is 360 Å². The number of hydrogen-bond donors (Lipinski definition) is 0. The maximum atomic E-state index is 2.43. The molecule has 0 radical (unpaired) electrons. The van der Waals surface area contributed by atoms with Crippen molar-refractivity contribution in [3.8, 4) is 39.1 Å². The summed E-state index contributed by atoms with van der Waals surface area (Å²) < 4.78 is 2.37. The van der Waals surface area contributed by atoms with E-state index in [-0.39, 0.29) is 0 Å². The first-order valence-electron chi connectivity index (χ1n) is 21.3. The lowest BCUT2D eigenvalue weighted by Crippen LogP contribution is -2.11. The van der Waals surface area contributed by atoms with Crippen molar-refractivity contribution in [2.45, 2.75) is 0 Å². The van der Waals surface area contributed by atoms with Gasteiger partial charge in [0.2, 0.25) is 0 Å². The molecule has 0 saturated carbocycles. The topological polar surface area (TPSA) is 8.17 Å². The fraction of sp³-hybridized carbons (Fsp3) is 0. The van der Waals surface area contributed by atoms with Crippen molar-refractivity contribution in [3.05, 3.63) is 243 Å². The van der Waals surface area contributed by atoms with Crippen LogP contribution in [0.15, 0.2) is 243 Å². The molecule has 0 bridgehead atoms. The minimum Gasteiger partial charge on any atom is -0.310 e. The Morgan fingerprint density at radius 3 is 1.55 bits per heavy atom. The van der Waals surface area contributed by atoms with Crippen LogP contribution in [0.1, 0.15) is 0 Å². The molecule has 0 N–H and O–H groups in total. The average Bonchev–Trinajstić information content (AvgIpc) is 3.68. The molecular formula is C60H40N2. The van der Waals surface area contributed by atoms with Crippen LogP contribution in [0, 0.1) is 0 Å². The van der Waals surface area contributed by atoms with Crippen molar-refractivity contribution in [1.29, 1.82) is 0 Å². The fourth-order valence-corrected chi connectivity index (χ4v) is 9.61. The first-order chi connectivity index (χ1) is 30.7. The highest BCUT2D eigenvalue weighted by Gasteiger charge is 2.19. The van der Waals surface area contributed by atoms with Crippen LogP contribution in [0.25, 0.3) is 93.2 Å².